The lowest BCUT2D eigenvalue weighted by Crippen LogP contribution is -1.82. The second kappa shape index (κ2) is 4.23. The normalized spacial score (nSPS) is 11.0. The standard InChI is InChI=1S/C11H11N3S/c1-8-2-3-9(13-6-8)4-5-10-7-15-11(12)14-10/h2-7H,1H3,(H2,12,14). The third-order valence-electron chi connectivity index (χ3n) is 1.90. The van der Waals surface area contributed by atoms with Gasteiger partial charge in [-0.2, -0.15) is 0 Å². The van der Waals surface area contributed by atoms with Gasteiger partial charge in [-0.1, -0.05) is 6.07 Å². The molecule has 2 aromatic heterocycles. The van der Waals surface area contributed by atoms with Gasteiger partial charge in [-0.05, 0) is 30.7 Å². The zero-order chi connectivity index (χ0) is 10.7. The number of rotatable bonds is 2. The van der Waals surface area contributed by atoms with Crippen LogP contribution in [0.4, 0.5) is 5.13 Å². The van der Waals surface area contributed by atoms with Crippen LogP contribution in [0, 0.1) is 6.92 Å². The van der Waals surface area contributed by atoms with E-state index in [1.54, 1.807) is 0 Å². The highest BCUT2D eigenvalue weighted by Crippen LogP contribution is 2.13. The molecular weight excluding hydrogens is 206 g/mol. The Morgan fingerprint density at radius 2 is 2.07 bits per heavy atom. The molecule has 0 radical (unpaired) electrons. The number of hydrogen-bond donors (Lipinski definition) is 1. The maximum absolute atomic E-state index is 5.53. The van der Waals surface area contributed by atoms with Gasteiger partial charge >= 0.3 is 0 Å². The van der Waals surface area contributed by atoms with E-state index in [4.69, 9.17) is 5.73 Å². The summed E-state index contributed by atoms with van der Waals surface area (Å²) in [5.74, 6) is 0. The summed E-state index contributed by atoms with van der Waals surface area (Å²) in [6.07, 6.45) is 5.67. The summed E-state index contributed by atoms with van der Waals surface area (Å²) in [6, 6.07) is 4.00. The molecule has 0 aliphatic carbocycles. The second-order valence-electron chi connectivity index (χ2n) is 3.20. The minimum atomic E-state index is 0.589. The van der Waals surface area contributed by atoms with E-state index in [2.05, 4.69) is 9.97 Å². The van der Waals surface area contributed by atoms with Gasteiger partial charge in [0.2, 0.25) is 0 Å². The highest BCUT2D eigenvalue weighted by molar-refractivity contribution is 7.13. The number of thiazole rings is 1. The Hall–Kier alpha value is -1.68. The van der Waals surface area contributed by atoms with Crippen molar-refractivity contribution in [2.45, 2.75) is 6.92 Å². The van der Waals surface area contributed by atoms with Gasteiger partial charge in [0.1, 0.15) is 0 Å². The van der Waals surface area contributed by atoms with Gasteiger partial charge in [0.25, 0.3) is 0 Å². The quantitative estimate of drug-likeness (QED) is 0.841. The van der Waals surface area contributed by atoms with Crippen molar-refractivity contribution in [3.05, 3.63) is 40.7 Å². The lowest BCUT2D eigenvalue weighted by molar-refractivity contribution is 1.24. The number of aromatic nitrogens is 2. The van der Waals surface area contributed by atoms with E-state index in [0.29, 0.717) is 5.13 Å². The summed E-state index contributed by atoms with van der Waals surface area (Å²) in [4.78, 5) is 8.38. The third-order valence-corrected chi connectivity index (χ3v) is 2.59. The average molecular weight is 217 g/mol. The topological polar surface area (TPSA) is 51.8 Å². The fourth-order valence-corrected chi connectivity index (χ4v) is 1.66. The Bertz CT molecular complexity index is 471. The fraction of sp³-hybridized carbons (Fsp3) is 0.0909. The lowest BCUT2D eigenvalue weighted by Gasteiger charge is -1.92. The van der Waals surface area contributed by atoms with Gasteiger partial charge in [-0.3, -0.25) is 4.98 Å². The van der Waals surface area contributed by atoms with E-state index in [0.717, 1.165) is 17.0 Å². The molecule has 3 nitrogen and oxygen atoms in total. The van der Waals surface area contributed by atoms with Gasteiger partial charge in [0.05, 0.1) is 11.4 Å². The van der Waals surface area contributed by atoms with Crippen LogP contribution >= 0.6 is 11.3 Å². The van der Waals surface area contributed by atoms with Gasteiger partial charge in [-0.15, -0.1) is 11.3 Å². The van der Waals surface area contributed by atoms with Crippen molar-refractivity contribution in [2.75, 3.05) is 5.73 Å². The number of nitrogen functional groups attached to an aromatic ring is 1. The molecule has 0 unspecified atom stereocenters. The first-order valence-corrected chi connectivity index (χ1v) is 5.44. The summed E-state index contributed by atoms with van der Waals surface area (Å²) < 4.78 is 0. The molecule has 15 heavy (non-hydrogen) atoms. The van der Waals surface area contributed by atoms with Crippen LogP contribution < -0.4 is 5.73 Å². The van der Waals surface area contributed by atoms with Crippen molar-refractivity contribution in [2.24, 2.45) is 0 Å². The molecule has 0 bridgehead atoms. The van der Waals surface area contributed by atoms with Gasteiger partial charge in [0, 0.05) is 11.6 Å². The van der Waals surface area contributed by atoms with Crippen LogP contribution in [0.2, 0.25) is 0 Å². The summed E-state index contributed by atoms with van der Waals surface area (Å²) in [5, 5.41) is 2.51. The highest BCUT2D eigenvalue weighted by Gasteiger charge is 1.93. The van der Waals surface area contributed by atoms with E-state index in [1.807, 2.05) is 42.8 Å². The zero-order valence-electron chi connectivity index (χ0n) is 8.34. The minimum Gasteiger partial charge on any atom is -0.375 e. The zero-order valence-corrected chi connectivity index (χ0v) is 9.16. The van der Waals surface area contributed by atoms with Crippen molar-refractivity contribution in [1.82, 2.24) is 9.97 Å². The van der Waals surface area contributed by atoms with E-state index in [9.17, 15) is 0 Å². The second-order valence-corrected chi connectivity index (χ2v) is 4.09. The first-order valence-electron chi connectivity index (χ1n) is 4.56. The minimum absolute atomic E-state index is 0.589. The summed E-state index contributed by atoms with van der Waals surface area (Å²) in [7, 11) is 0. The predicted octanol–water partition coefficient (Wildman–Crippen LogP) is 2.60. The van der Waals surface area contributed by atoms with Crippen LogP contribution in [0.25, 0.3) is 12.2 Å². The van der Waals surface area contributed by atoms with Crippen molar-refractivity contribution in [3.8, 4) is 0 Å². The van der Waals surface area contributed by atoms with Crippen LogP contribution in [0.1, 0.15) is 17.0 Å². The molecule has 76 valence electrons. The van der Waals surface area contributed by atoms with E-state index in [-0.39, 0.29) is 0 Å². The molecule has 0 fully saturated rings. The maximum Gasteiger partial charge on any atom is 0.180 e. The first-order chi connectivity index (χ1) is 7.24. The van der Waals surface area contributed by atoms with E-state index < -0.39 is 0 Å². The van der Waals surface area contributed by atoms with Crippen LogP contribution in [0.5, 0.6) is 0 Å². The molecule has 0 amide bonds. The Morgan fingerprint density at radius 3 is 2.67 bits per heavy atom. The Labute approximate surface area is 92.3 Å². The number of hydrogen-bond acceptors (Lipinski definition) is 4. The summed E-state index contributed by atoms with van der Waals surface area (Å²) >= 11 is 1.44. The fourth-order valence-electron chi connectivity index (χ4n) is 1.13. The van der Waals surface area contributed by atoms with E-state index in [1.165, 1.54) is 11.3 Å². The first kappa shape index (κ1) is 9.86. The Morgan fingerprint density at radius 1 is 1.27 bits per heavy atom. The Balaban J connectivity index is 2.14. The Kier molecular flexibility index (Phi) is 2.78. The lowest BCUT2D eigenvalue weighted by atomic mass is 10.2. The highest BCUT2D eigenvalue weighted by atomic mass is 32.1. The summed E-state index contributed by atoms with van der Waals surface area (Å²) in [6.45, 7) is 2.02. The van der Waals surface area contributed by atoms with Crippen molar-refractivity contribution >= 4 is 28.6 Å². The number of aryl methyl sites for hydroxylation is 1. The van der Waals surface area contributed by atoms with Crippen LogP contribution in [-0.2, 0) is 0 Å². The van der Waals surface area contributed by atoms with Crippen LogP contribution in [0.3, 0.4) is 0 Å². The molecule has 4 heteroatoms. The molecule has 0 aliphatic heterocycles. The molecule has 2 heterocycles. The van der Waals surface area contributed by atoms with Crippen LogP contribution in [0.15, 0.2) is 23.7 Å². The molecule has 2 aromatic rings. The monoisotopic (exact) mass is 217 g/mol. The number of pyridine rings is 1. The average Bonchev–Trinajstić information content (AvgIpc) is 2.64. The smallest absolute Gasteiger partial charge is 0.180 e. The van der Waals surface area contributed by atoms with Gasteiger partial charge < -0.3 is 5.73 Å². The van der Waals surface area contributed by atoms with Crippen molar-refractivity contribution in [1.29, 1.82) is 0 Å². The molecule has 0 aromatic carbocycles. The molecule has 0 saturated carbocycles. The largest absolute Gasteiger partial charge is 0.375 e. The van der Waals surface area contributed by atoms with Gasteiger partial charge in [-0.25, -0.2) is 4.98 Å². The number of anilines is 1. The van der Waals surface area contributed by atoms with Crippen molar-refractivity contribution in [3.63, 3.8) is 0 Å². The predicted molar refractivity (Wildman–Crippen MR) is 64.4 cm³/mol. The molecule has 0 spiro atoms. The maximum atomic E-state index is 5.53. The van der Waals surface area contributed by atoms with Gasteiger partial charge in [0.15, 0.2) is 5.13 Å². The molecule has 0 aliphatic rings. The molecule has 0 saturated heterocycles. The van der Waals surface area contributed by atoms with Crippen molar-refractivity contribution < 1.29 is 0 Å². The number of nitrogens with two attached hydrogens (primary N) is 1. The van der Waals surface area contributed by atoms with Crippen LogP contribution in [-0.4, -0.2) is 9.97 Å². The molecule has 2 rings (SSSR count). The molecule has 0 atom stereocenters. The summed E-state index contributed by atoms with van der Waals surface area (Å²) in [5.41, 5.74) is 8.48. The molecule has 2 N–H and O–H groups in total. The molecular formula is C11H11N3S. The van der Waals surface area contributed by atoms with E-state index >= 15 is 0 Å². The number of nitrogens with zero attached hydrogens (tertiary/aromatic N) is 2. The SMILES string of the molecule is Cc1ccc(C=Cc2csc(N)n2)nc1. The third kappa shape index (κ3) is 2.63.